The molecule has 0 bridgehead atoms. The molecule has 0 spiro atoms. The summed E-state index contributed by atoms with van der Waals surface area (Å²) in [5.74, 6) is -0.564. The fraction of sp³-hybridized carbons (Fsp3) is 0.136. The van der Waals surface area contributed by atoms with Gasteiger partial charge in [0, 0.05) is 31.5 Å². The molecule has 2 aromatic carbocycles. The summed E-state index contributed by atoms with van der Waals surface area (Å²) in [5.41, 5.74) is 0.976. The fourth-order valence-electron chi connectivity index (χ4n) is 3.45. The highest BCUT2D eigenvalue weighted by molar-refractivity contribution is 7.92. The van der Waals surface area contributed by atoms with Crippen LogP contribution in [0.25, 0.3) is 11.3 Å². The highest BCUT2D eigenvalue weighted by Crippen LogP contribution is 2.30. The Hall–Kier alpha value is -3.48. The predicted octanol–water partition coefficient (Wildman–Crippen LogP) is 2.78. The van der Waals surface area contributed by atoms with Crippen molar-refractivity contribution in [2.75, 3.05) is 11.8 Å². The number of sulfonamides is 1. The largest absolute Gasteiger partial charge is 0.316 e. The zero-order valence-electron chi connectivity index (χ0n) is 18.3. The van der Waals surface area contributed by atoms with Gasteiger partial charge in [-0.3, -0.25) is 9.40 Å². The summed E-state index contributed by atoms with van der Waals surface area (Å²) < 4.78 is 71.7. The Morgan fingerprint density at radius 1 is 0.971 bits per heavy atom. The molecular weight excluding hydrogens is 481 g/mol. The van der Waals surface area contributed by atoms with E-state index in [1.807, 2.05) is 0 Å². The van der Waals surface area contributed by atoms with Crippen LogP contribution in [0.4, 0.5) is 10.1 Å². The predicted molar refractivity (Wildman–Crippen MR) is 126 cm³/mol. The van der Waals surface area contributed by atoms with Crippen molar-refractivity contribution in [3.05, 3.63) is 84.6 Å². The lowest BCUT2D eigenvalue weighted by Crippen LogP contribution is -2.15. The van der Waals surface area contributed by atoms with Gasteiger partial charge in [0.2, 0.25) is 0 Å². The van der Waals surface area contributed by atoms with Crippen molar-refractivity contribution in [2.45, 2.75) is 16.3 Å². The molecule has 4 aromatic rings. The van der Waals surface area contributed by atoms with Crippen LogP contribution in [0.15, 0.2) is 83.0 Å². The highest BCUT2D eigenvalue weighted by atomic mass is 32.2. The zero-order valence-corrected chi connectivity index (χ0v) is 19.9. The van der Waals surface area contributed by atoms with Crippen LogP contribution in [0.5, 0.6) is 0 Å². The molecule has 0 saturated heterocycles. The summed E-state index contributed by atoms with van der Waals surface area (Å²) in [6, 6.07) is 12.9. The molecule has 0 aliphatic carbocycles. The quantitative estimate of drug-likeness (QED) is 0.382. The number of nitrogens with zero attached hydrogens (tertiary/aromatic N) is 3. The third kappa shape index (κ3) is 4.60. The molecule has 178 valence electrons. The summed E-state index contributed by atoms with van der Waals surface area (Å²) >= 11 is 0. The van der Waals surface area contributed by atoms with Crippen LogP contribution in [0.2, 0.25) is 0 Å². The van der Waals surface area contributed by atoms with Crippen LogP contribution in [-0.2, 0) is 33.6 Å². The average molecular weight is 504 g/mol. The number of benzene rings is 2. The Morgan fingerprint density at radius 2 is 1.74 bits per heavy atom. The van der Waals surface area contributed by atoms with Gasteiger partial charge in [-0.1, -0.05) is 18.2 Å². The van der Waals surface area contributed by atoms with Gasteiger partial charge in [-0.05, 0) is 49.0 Å². The minimum absolute atomic E-state index is 0.0555. The van der Waals surface area contributed by atoms with Crippen LogP contribution < -0.4 is 10.0 Å². The Morgan fingerprint density at radius 3 is 2.41 bits per heavy atom. The number of rotatable bonds is 8. The number of halogens is 1. The summed E-state index contributed by atoms with van der Waals surface area (Å²) in [7, 11) is -4.88. The number of hydrogen-bond donors (Lipinski definition) is 2. The number of nitrogens with one attached hydrogen (secondary N) is 2. The van der Waals surface area contributed by atoms with Gasteiger partial charge in [0.05, 0.1) is 22.5 Å². The molecule has 0 unspecified atom stereocenters. The number of anilines is 1. The van der Waals surface area contributed by atoms with E-state index >= 15 is 0 Å². The first-order valence-corrected chi connectivity index (χ1v) is 13.0. The normalized spacial score (nSPS) is 12.1. The summed E-state index contributed by atoms with van der Waals surface area (Å²) in [6.07, 6.45) is 3.93. The lowest BCUT2D eigenvalue weighted by Gasteiger charge is -2.13. The van der Waals surface area contributed by atoms with E-state index in [4.69, 9.17) is 0 Å². The van der Waals surface area contributed by atoms with Crippen LogP contribution in [0, 0.1) is 5.82 Å². The van der Waals surface area contributed by atoms with Crippen LogP contribution in [-0.4, -0.2) is 37.6 Å². The molecule has 2 heterocycles. The maximum atomic E-state index is 14.5. The number of hydrogen-bond acceptors (Lipinski definition) is 6. The second kappa shape index (κ2) is 9.05. The third-order valence-corrected chi connectivity index (χ3v) is 8.01. The molecule has 0 radical (unpaired) electrons. The second-order valence-electron chi connectivity index (χ2n) is 7.53. The Bertz CT molecular complexity index is 1560. The first kappa shape index (κ1) is 23.7. The van der Waals surface area contributed by atoms with E-state index in [9.17, 15) is 21.2 Å². The van der Waals surface area contributed by atoms with Gasteiger partial charge in [-0.2, -0.15) is 5.10 Å². The van der Waals surface area contributed by atoms with E-state index in [2.05, 4.69) is 15.1 Å². The van der Waals surface area contributed by atoms with E-state index in [1.165, 1.54) is 65.7 Å². The molecule has 12 heteroatoms. The van der Waals surface area contributed by atoms with Gasteiger partial charge in [-0.25, -0.2) is 25.2 Å². The molecule has 0 fully saturated rings. The van der Waals surface area contributed by atoms with Gasteiger partial charge in [-0.15, -0.1) is 0 Å². The highest BCUT2D eigenvalue weighted by Gasteiger charge is 2.24. The van der Waals surface area contributed by atoms with Crippen molar-refractivity contribution in [2.24, 2.45) is 7.05 Å². The maximum Gasteiger partial charge on any atom is 0.268 e. The van der Waals surface area contributed by atoms with E-state index in [1.54, 1.807) is 26.2 Å². The minimum atomic E-state index is -4.20. The van der Waals surface area contributed by atoms with Gasteiger partial charge in [0.1, 0.15) is 10.7 Å². The topological polar surface area (TPSA) is 115 Å². The van der Waals surface area contributed by atoms with Crippen molar-refractivity contribution in [1.29, 1.82) is 0 Å². The van der Waals surface area contributed by atoms with E-state index < -0.39 is 25.9 Å². The molecule has 34 heavy (non-hydrogen) atoms. The van der Waals surface area contributed by atoms with Crippen LogP contribution >= 0.6 is 0 Å². The van der Waals surface area contributed by atoms with Gasteiger partial charge < -0.3 is 5.32 Å². The standard InChI is InChI=1S/C22H22FN5O4S2/c1-24-12-16-10-22(20-8-3-4-9-21(20)23)28(14-16)34(31,32)18-7-5-6-17(11-18)26-33(29,30)19-13-25-27(2)15-19/h3-11,13-15,24,26H,12H2,1-2H3. The first-order chi connectivity index (χ1) is 16.1. The van der Waals surface area contributed by atoms with Crippen LogP contribution in [0.3, 0.4) is 0 Å². The minimum Gasteiger partial charge on any atom is -0.316 e. The monoisotopic (exact) mass is 503 g/mol. The molecule has 0 aliphatic heterocycles. The van der Waals surface area contributed by atoms with Crippen LogP contribution in [0.1, 0.15) is 5.56 Å². The molecule has 0 amide bonds. The molecule has 9 nitrogen and oxygen atoms in total. The van der Waals surface area contributed by atoms with Crippen molar-refractivity contribution in [3.63, 3.8) is 0 Å². The van der Waals surface area contributed by atoms with Crippen molar-refractivity contribution in [1.82, 2.24) is 19.1 Å². The first-order valence-electron chi connectivity index (χ1n) is 10.1. The third-order valence-electron chi connectivity index (χ3n) is 5.01. The van der Waals surface area contributed by atoms with E-state index in [0.29, 0.717) is 12.1 Å². The molecule has 0 atom stereocenters. The molecule has 0 aliphatic rings. The number of aromatic nitrogens is 3. The SMILES string of the molecule is CNCc1cc(-c2ccccc2F)n(S(=O)(=O)c2cccc(NS(=O)(=O)c3cnn(C)c3)c2)c1. The summed E-state index contributed by atoms with van der Waals surface area (Å²) in [6.45, 7) is 0.370. The summed E-state index contributed by atoms with van der Waals surface area (Å²) in [5, 5.41) is 6.80. The van der Waals surface area contributed by atoms with E-state index in [-0.39, 0.29) is 26.7 Å². The smallest absolute Gasteiger partial charge is 0.268 e. The molecule has 2 aromatic heterocycles. The number of aryl methyl sites for hydroxylation is 1. The maximum absolute atomic E-state index is 14.5. The van der Waals surface area contributed by atoms with Gasteiger partial charge in [0.25, 0.3) is 20.0 Å². The van der Waals surface area contributed by atoms with Crippen molar-refractivity contribution >= 4 is 25.7 Å². The van der Waals surface area contributed by atoms with Gasteiger partial charge >= 0.3 is 0 Å². The summed E-state index contributed by atoms with van der Waals surface area (Å²) in [4.78, 5) is -0.227. The van der Waals surface area contributed by atoms with Crippen molar-refractivity contribution < 1.29 is 21.2 Å². The zero-order chi connectivity index (χ0) is 24.5. The Balaban J connectivity index is 1.77. The molecule has 2 N–H and O–H groups in total. The lowest BCUT2D eigenvalue weighted by atomic mass is 10.1. The van der Waals surface area contributed by atoms with Crippen molar-refractivity contribution in [3.8, 4) is 11.3 Å². The molecule has 0 saturated carbocycles. The second-order valence-corrected chi connectivity index (χ2v) is 11.0. The fourth-order valence-corrected chi connectivity index (χ4v) is 5.92. The average Bonchev–Trinajstić information content (AvgIpc) is 3.42. The Kier molecular flexibility index (Phi) is 6.30. The molecule has 4 rings (SSSR count). The lowest BCUT2D eigenvalue weighted by molar-refractivity contribution is 0.587. The van der Waals surface area contributed by atoms with E-state index in [0.717, 1.165) is 3.97 Å². The van der Waals surface area contributed by atoms with Gasteiger partial charge in [0.15, 0.2) is 0 Å². The Labute approximate surface area is 197 Å². The molecular formula is C22H22FN5O4S2.